The molecule has 5 rings (SSSR count). The number of pyridine rings is 1. The Morgan fingerprint density at radius 2 is 1.57 bits per heavy atom. The molecule has 0 saturated carbocycles. The lowest BCUT2D eigenvalue weighted by Gasteiger charge is -2.17. The lowest BCUT2D eigenvalue weighted by atomic mass is 9.99. The highest BCUT2D eigenvalue weighted by molar-refractivity contribution is 6.31. The average Bonchev–Trinajstić information content (AvgIpc) is 3.14. The van der Waals surface area contributed by atoms with E-state index in [4.69, 9.17) is 11.6 Å². The summed E-state index contributed by atoms with van der Waals surface area (Å²) >= 11 is 6.26. The largest absolute Gasteiger partial charge is 0.311 e. The zero-order valence-electron chi connectivity index (χ0n) is 15.3. The molecule has 0 atom stereocenters. The molecule has 3 aromatic carbocycles. The summed E-state index contributed by atoms with van der Waals surface area (Å²) in [5, 5.41) is 2.72. The standard InChI is InChI=1S/C24H17ClN2O/c1-26-20-10-6-5-9-19(20)22(17-7-3-2-4-8-17)23(24(26)28)27-14-13-16-11-12-18(25)15-21(16)27/h2-15H,1H3. The van der Waals surface area contributed by atoms with Gasteiger partial charge < -0.3 is 9.13 Å². The summed E-state index contributed by atoms with van der Waals surface area (Å²) in [6.45, 7) is 0. The summed E-state index contributed by atoms with van der Waals surface area (Å²) in [4.78, 5) is 13.5. The number of aryl methyl sites for hydroxylation is 1. The smallest absolute Gasteiger partial charge is 0.275 e. The van der Waals surface area contributed by atoms with Gasteiger partial charge in [0.2, 0.25) is 0 Å². The molecular formula is C24H17ClN2O. The Bertz CT molecular complexity index is 1400. The third-order valence-corrected chi connectivity index (χ3v) is 5.47. The van der Waals surface area contributed by atoms with Gasteiger partial charge in [-0.05, 0) is 29.8 Å². The fourth-order valence-corrected chi connectivity index (χ4v) is 4.06. The molecule has 0 aliphatic carbocycles. The maximum absolute atomic E-state index is 13.5. The number of halogens is 1. The van der Waals surface area contributed by atoms with Crippen LogP contribution in [0, 0.1) is 0 Å². The van der Waals surface area contributed by atoms with E-state index >= 15 is 0 Å². The van der Waals surface area contributed by atoms with Crippen LogP contribution in [0.5, 0.6) is 0 Å². The van der Waals surface area contributed by atoms with E-state index in [9.17, 15) is 4.79 Å². The molecular weight excluding hydrogens is 368 g/mol. The predicted octanol–water partition coefficient (Wildman–Crippen LogP) is 5.80. The highest BCUT2D eigenvalue weighted by atomic mass is 35.5. The maximum Gasteiger partial charge on any atom is 0.275 e. The molecule has 4 heteroatoms. The van der Waals surface area contributed by atoms with E-state index in [1.165, 1.54) is 0 Å². The van der Waals surface area contributed by atoms with Gasteiger partial charge in [0.05, 0.1) is 11.0 Å². The number of nitrogens with zero attached hydrogens (tertiary/aromatic N) is 2. The third-order valence-electron chi connectivity index (χ3n) is 5.24. The third kappa shape index (κ3) is 2.48. The maximum atomic E-state index is 13.5. The van der Waals surface area contributed by atoms with E-state index in [2.05, 4.69) is 6.07 Å². The summed E-state index contributed by atoms with van der Waals surface area (Å²) in [7, 11) is 1.82. The highest BCUT2D eigenvalue weighted by Crippen LogP contribution is 2.34. The predicted molar refractivity (Wildman–Crippen MR) is 116 cm³/mol. The minimum atomic E-state index is -0.0463. The van der Waals surface area contributed by atoms with E-state index in [1.807, 2.05) is 90.6 Å². The van der Waals surface area contributed by atoms with E-state index in [-0.39, 0.29) is 5.56 Å². The van der Waals surface area contributed by atoms with E-state index in [0.717, 1.165) is 32.9 Å². The van der Waals surface area contributed by atoms with Crippen LogP contribution in [0.25, 0.3) is 38.6 Å². The van der Waals surface area contributed by atoms with Crippen molar-refractivity contribution in [3.63, 3.8) is 0 Å². The Hall–Kier alpha value is -3.30. The number of benzene rings is 3. The molecule has 136 valence electrons. The van der Waals surface area contributed by atoms with Crippen LogP contribution in [0.15, 0.2) is 89.9 Å². The van der Waals surface area contributed by atoms with Crippen molar-refractivity contribution >= 4 is 33.4 Å². The molecule has 0 saturated heterocycles. The monoisotopic (exact) mass is 384 g/mol. The van der Waals surface area contributed by atoms with E-state index < -0.39 is 0 Å². The van der Waals surface area contributed by atoms with Gasteiger partial charge in [-0.25, -0.2) is 0 Å². The van der Waals surface area contributed by atoms with Gasteiger partial charge >= 0.3 is 0 Å². The molecule has 2 aromatic heterocycles. The number of hydrogen-bond acceptors (Lipinski definition) is 1. The zero-order valence-corrected chi connectivity index (χ0v) is 16.0. The Morgan fingerprint density at radius 1 is 0.821 bits per heavy atom. The number of fused-ring (bicyclic) bond motifs is 2. The van der Waals surface area contributed by atoms with Gasteiger partial charge in [-0.15, -0.1) is 0 Å². The molecule has 2 heterocycles. The van der Waals surface area contributed by atoms with E-state index in [0.29, 0.717) is 10.7 Å². The highest BCUT2D eigenvalue weighted by Gasteiger charge is 2.19. The first-order valence-electron chi connectivity index (χ1n) is 9.09. The fraction of sp³-hybridized carbons (Fsp3) is 0.0417. The molecule has 0 N–H and O–H groups in total. The molecule has 0 aliphatic rings. The summed E-state index contributed by atoms with van der Waals surface area (Å²) in [6, 6.07) is 25.8. The van der Waals surface area contributed by atoms with Crippen molar-refractivity contribution in [1.82, 2.24) is 9.13 Å². The van der Waals surface area contributed by atoms with Crippen LogP contribution >= 0.6 is 11.6 Å². The molecule has 5 aromatic rings. The van der Waals surface area contributed by atoms with Gasteiger partial charge in [0, 0.05) is 34.6 Å². The Morgan fingerprint density at radius 3 is 2.39 bits per heavy atom. The van der Waals surface area contributed by atoms with Crippen molar-refractivity contribution in [3.8, 4) is 16.8 Å². The second-order valence-corrected chi connectivity index (χ2v) is 7.30. The topological polar surface area (TPSA) is 26.9 Å². The van der Waals surface area contributed by atoms with Crippen molar-refractivity contribution in [1.29, 1.82) is 0 Å². The van der Waals surface area contributed by atoms with Gasteiger partial charge in [-0.2, -0.15) is 0 Å². The normalized spacial score (nSPS) is 11.4. The fourth-order valence-electron chi connectivity index (χ4n) is 3.90. The molecule has 0 aliphatic heterocycles. The Kier molecular flexibility index (Phi) is 3.85. The Balaban J connectivity index is 2.00. The van der Waals surface area contributed by atoms with Crippen LogP contribution in [0.2, 0.25) is 5.02 Å². The van der Waals surface area contributed by atoms with Crippen LogP contribution in [-0.4, -0.2) is 9.13 Å². The first-order valence-corrected chi connectivity index (χ1v) is 9.47. The second-order valence-electron chi connectivity index (χ2n) is 6.86. The molecule has 0 amide bonds. The lowest BCUT2D eigenvalue weighted by molar-refractivity contribution is 0.885. The number of hydrogen-bond donors (Lipinski definition) is 0. The molecule has 0 fully saturated rings. The van der Waals surface area contributed by atoms with Crippen LogP contribution in [0.4, 0.5) is 0 Å². The van der Waals surface area contributed by atoms with Crippen molar-refractivity contribution in [2.45, 2.75) is 0 Å². The van der Waals surface area contributed by atoms with Crippen LogP contribution in [0.3, 0.4) is 0 Å². The molecule has 3 nitrogen and oxygen atoms in total. The Labute approximate surface area is 167 Å². The average molecular weight is 385 g/mol. The van der Waals surface area contributed by atoms with Crippen LogP contribution in [0.1, 0.15) is 0 Å². The van der Waals surface area contributed by atoms with Crippen molar-refractivity contribution in [2.24, 2.45) is 7.05 Å². The lowest BCUT2D eigenvalue weighted by Crippen LogP contribution is -2.23. The first-order chi connectivity index (χ1) is 13.6. The summed E-state index contributed by atoms with van der Waals surface area (Å²) in [6.07, 6.45) is 1.94. The van der Waals surface area contributed by atoms with Crippen molar-refractivity contribution in [3.05, 3.63) is 100 Å². The van der Waals surface area contributed by atoms with Gasteiger partial charge in [0.25, 0.3) is 5.56 Å². The summed E-state index contributed by atoms with van der Waals surface area (Å²) < 4.78 is 3.67. The summed E-state index contributed by atoms with van der Waals surface area (Å²) in [5.74, 6) is 0. The second kappa shape index (κ2) is 6.39. The van der Waals surface area contributed by atoms with Gasteiger partial charge in [0.15, 0.2) is 0 Å². The van der Waals surface area contributed by atoms with Crippen LogP contribution < -0.4 is 5.56 Å². The van der Waals surface area contributed by atoms with Gasteiger partial charge in [0.1, 0.15) is 5.69 Å². The molecule has 0 bridgehead atoms. The molecule has 0 radical (unpaired) electrons. The summed E-state index contributed by atoms with van der Waals surface area (Å²) in [5.41, 5.74) is 4.34. The van der Waals surface area contributed by atoms with Gasteiger partial charge in [-0.3, -0.25) is 4.79 Å². The van der Waals surface area contributed by atoms with Crippen molar-refractivity contribution in [2.75, 3.05) is 0 Å². The quantitative estimate of drug-likeness (QED) is 0.377. The SMILES string of the molecule is Cn1c(=O)c(-n2ccc3ccc(Cl)cc32)c(-c2ccccc2)c2ccccc21. The van der Waals surface area contributed by atoms with Gasteiger partial charge in [-0.1, -0.05) is 66.2 Å². The number of rotatable bonds is 2. The van der Waals surface area contributed by atoms with Crippen LogP contribution in [-0.2, 0) is 7.05 Å². The zero-order chi connectivity index (χ0) is 19.3. The minimum absolute atomic E-state index is 0.0463. The van der Waals surface area contributed by atoms with Crippen molar-refractivity contribution < 1.29 is 0 Å². The first kappa shape index (κ1) is 16.8. The number of aromatic nitrogens is 2. The molecule has 0 unspecified atom stereocenters. The molecule has 28 heavy (non-hydrogen) atoms. The molecule has 0 spiro atoms. The van der Waals surface area contributed by atoms with E-state index in [1.54, 1.807) is 4.57 Å². The number of para-hydroxylation sites is 1. The minimum Gasteiger partial charge on any atom is -0.311 e.